The summed E-state index contributed by atoms with van der Waals surface area (Å²) in [6, 6.07) is 20.5. The van der Waals surface area contributed by atoms with Gasteiger partial charge in [0.25, 0.3) is 10.0 Å². The van der Waals surface area contributed by atoms with Gasteiger partial charge in [0.2, 0.25) is 11.8 Å². The fourth-order valence-corrected chi connectivity index (χ4v) is 5.61. The molecule has 0 unspecified atom stereocenters. The maximum absolute atomic E-state index is 13.9. The number of nitrogens with zero attached hydrogens (tertiary/aromatic N) is 2. The second kappa shape index (κ2) is 12.1. The third kappa shape index (κ3) is 6.57. The average Bonchev–Trinajstić information content (AvgIpc) is 2.88. The molecule has 0 aliphatic carbocycles. The molecule has 0 heterocycles. The number of sulfonamides is 1. The van der Waals surface area contributed by atoms with Crippen molar-refractivity contribution < 1.29 is 18.0 Å². The summed E-state index contributed by atoms with van der Waals surface area (Å²) in [4.78, 5) is 28.3. The summed E-state index contributed by atoms with van der Waals surface area (Å²) in [6.45, 7) is 7.26. The quantitative estimate of drug-likeness (QED) is 0.430. The van der Waals surface area contributed by atoms with E-state index in [2.05, 4.69) is 5.32 Å². The molecule has 0 bridgehead atoms. The minimum Gasteiger partial charge on any atom is -0.357 e. The predicted molar refractivity (Wildman–Crippen MR) is 147 cm³/mol. The molecule has 8 heteroatoms. The molecule has 3 rings (SSSR count). The molecule has 3 aromatic rings. The molecule has 0 saturated heterocycles. The van der Waals surface area contributed by atoms with Gasteiger partial charge in [0, 0.05) is 13.6 Å². The predicted octanol–water partition coefficient (Wildman–Crippen LogP) is 4.36. The van der Waals surface area contributed by atoms with Gasteiger partial charge < -0.3 is 10.2 Å². The lowest BCUT2D eigenvalue weighted by molar-refractivity contribution is -0.140. The number of carbonyl (C=O) groups excluding carboxylic acids is 2. The number of hydrogen-bond acceptors (Lipinski definition) is 4. The maximum Gasteiger partial charge on any atom is 0.264 e. The number of rotatable bonds is 10. The molecule has 0 aliphatic rings. The summed E-state index contributed by atoms with van der Waals surface area (Å²) in [6.07, 6.45) is 0.381. The number of anilines is 1. The van der Waals surface area contributed by atoms with E-state index in [9.17, 15) is 18.0 Å². The van der Waals surface area contributed by atoms with Gasteiger partial charge in [-0.2, -0.15) is 0 Å². The Bertz CT molecular complexity index is 1350. The first-order valence-electron chi connectivity index (χ1n) is 12.3. The summed E-state index contributed by atoms with van der Waals surface area (Å²) in [7, 11) is -2.54. The van der Waals surface area contributed by atoms with Gasteiger partial charge in [-0.25, -0.2) is 8.42 Å². The molecule has 3 aromatic carbocycles. The van der Waals surface area contributed by atoms with Crippen LogP contribution < -0.4 is 9.62 Å². The first-order valence-corrected chi connectivity index (χ1v) is 13.7. The van der Waals surface area contributed by atoms with Crippen LogP contribution >= 0.6 is 0 Å². The number of hydrogen-bond donors (Lipinski definition) is 1. The van der Waals surface area contributed by atoms with E-state index >= 15 is 0 Å². The molecule has 0 spiro atoms. The van der Waals surface area contributed by atoms with E-state index in [0.29, 0.717) is 12.1 Å². The molecule has 7 nitrogen and oxygen atoms in total. The Hall–Kier alpha value is -3.65. The standard InChI is InChI=1S/C29H35N3O4S/c1-6-27(29(34)30-5)31(19-24-12-8-7-11-23(24)4)28(33)20-32(25-13-9-10-22(3)18-25)37(35,36)26-16-14-21(2)15-17-26/h7-18,27H,6,19-20H2,1-5H3,(H,30,34)/t27-/m1/s1. The lowest BCUT2D eigenvalue weighted by Crippen LogP contribution is -2.51. The highest BCUT2D eigenvalue weighted by Crippen LogP contribution is 2.26. The minimum absolute atomic E-state index is 0.0937. The van der Waals surface area contributed by atoms with Gasteiger partial charge in [-0.15, -0.1) is 0 Å². The zero-order chi connectivity index (χ0) is 27.2. The Morgan fingerprint density at radius 1 is 0.892 bits per heavy atom. The van der Waals surface area contributed by atoms with Gasteiger partial charge in [-0.05, 0) is 68.1 Å². The summed E-state index contributed by atoms with van der Waals surface area (Å²) in [5.74, 6) is -0.760. The summed E-state index contributed by atoms with van der Waals surface area (Å²) < 4.78 is 28.8. The fraction of sp³-hybridized carbons (Fsp3) is 0.310. The van der Waals surface area contributed by atoms with Crippen molar-refractivity contribution >= 4 is 27.5 Å². The molecular formula is C29H35N3O4S. The monoisotopic (exact) mass is 521 g/mol. The van der Waals surface area contributed by atoms with Crippen molar-refractivity contribution in [1.82, 2.24) is 10.2 Å². The third-order valence-electron chi connectivity index (χ3n) is 6.41. The number of amides is 2. The molecule has 0 aromatic heterocycles. The van der Waals surface area contributed by atoms with Crippen LogP contribution in [0.15, 0.2) is 77.7 Å². The van der Waals surface area contributed by atoms with Crippen molar-refractivity contribution in [3.8, 4) is 0 Å². The Morgan fingerprint density at radius 2 is 1.57 bits per heavy atom. The van der Waals surface area contributed by atoms with Crippen molar-refractivity contribution in [2.75, 3.05) is 17.9 Å². The van der Waals surface area contributed by atoms with Crippen LogP contribution in [0.4, 0.5) is 5.69 Å². The zero-order valence-corrected chi connectivity index (χ0v) is 22.9. The van der Waals surface area contributed by atoms with Crippen molar-refractivity contribution in [2.24, 2.45) is 0 Å². The average molecular weight is 522 g/mol. The molecule has 2 amide bonds. The molecule has 196 valence electrons. The molecule has 37 heavy (non-hydrogen) atoms. The van der Waals surface area contributed by atoms with Gasteiger partial charge in [-0.1, -0.05) is 61.0 Å². The van der Waals surface area contributed by atoms with E-state index < -0.39 is 28.5 Å². The highest BCUT2D eigenvalue weighted by Gasteiger charge is 2.33. The van der Waals surface area contributed by atoms with Crippen LogP contribution in [-0.2, 0) is 26.2 Å². The first-order chi connectivity index (χ1) is 17.6. The SMILES string of the molecule is CC[C@H](C(=O)NC)N(Cc1ccccc1C)C(=O)CN(c1cccc(C)c1)S(=O)(=O)c1ccc(C)cc1. The van der Waals surface area contributed by atoms with Crippen LogP contribution in [0.3, 0.4) is 0 Å². The highest BCUT2D eigenvalue weighted by atomic mass is 32.2. The lowest BCUT2D eigenvalue weighted by atomic mass is 10.1. The van der Waals surface area contributed by atoms with Crippen molar-refractivity contribution in [2.45, 2.75) is 51.6 Å². The summed E-state index contributed by atoms with van der Waals surface area (Å²) in [5.41, 5.74) is 4.05. The lowest BCUT2D eigenvalue weighted by Gasteiger charge is -2.33. The Labute approximate surface area is 220 Å². The van der Waals surface area contributed by atoms with Crippen LogP contribution in [0.2, 0.25) is 0 Å². The fourth-order valence-electron chi connectivity index (χ4n) is 4.21. The number of benzene rings is 3. The van der Waals surface area contributed by atoms with Crippen LogP contribution in [0, 0.1) is 20.8 Å². The third-order valence-corrected chi connectivity index (χ3v) is 8.20. The van der Waals surface area contributed by atoms with Crippen LogP contribution in [0.5, 0.6) is 0 Å². The van der Waals surface area contributed by atoms with E-state index in [-0.39, 0.29) is 17.3 Å². The Balaban J connectivity index is 2.07. The van der Waals surface area contributed by atoms with Crippen LogP contribution in [-0.4, -0.2) is 44.8 Å². The second-order valence-electron chi connectivity index (χ2n) is 9.15. The van der Waals surface area contributed by atoms with Crippen molar-refractivity contribution in [3.63, 3.8) is 0 Å². The minimum atomic E-state index is -4.07. The number of nitrogens with one attached hydrogen (secondary N) is 1. The van der Waals surface area contributed by atoms with Gasteiger partial charge in [-0.3, -0.25) is 13.9 Å². The Kier molecular flexibility index (Phi) is 9.10. The van der Waals surface area contributed by atoms with E-state index in [1.165, 1.54) is 11.9 Å². The molecule has 0 fully saturated rings. The van der Waals surface area contributed by atoms with E-state index in [0.717, 1.165) is 26.6 Å². The van der Waals surface area contributed by atoms with Gasteiger partial charge in [0.15, 0.2) is 0 Å². The zero-order valence-electron chi connectivity index (χ0n) is 22.1. The van der Waals surface area contributed by atoms with Gasteiger partial charge in [0.05, 0.1) is 10.6 Å². The van der Waals surface area contributed by atoms with Crippen molar-refractivity contribution in [1.29, 1.82) is 0 Å². The van der Waals surface area contributed by atoms with E-state index in [1.807, 2.05) is 58.0 Å². The number of carbonyl (C=O) groups is 2. The largest absolute Gasteiger partial charge is 0.357 e. The Morgan fingerprint density at radius 3 is 2.16 bits per heavy atom. The van der Waals surface area contributed by atoms with Crippen LogP contribution in [0.1, 0.15) is 35.6 Å². The molecular weight excluding hydrogens is 486 g/mol. The van der Waals surface area contributed by atoms with Crippen molar-refractivity contribution in [3.05, 3.63) is 95.1 Å². The molecule has 0 aliphatic heterocycles. The number of aryl methyl sites for hydroxylation is 3. The summed E-state index contributed by atoms with van der Waals surface area (Å²) in [5, 5.41) is 2.64. The molecule has 1 atom stereocenters. The van der Waals surface area contributed by atoms with E-state index in [4.69, 9.17) is 0 Å². The summed E-state index contributed by atoms with van der Waals surface area (Å²) >= 11 is 0. The molecule has 0 radical (unpaired) electrons. The normalized spacial score (nSPS) is 12.0. The molecule has 1 N–H and O–H groups in total. The number of likely N-dealkylation sites (N-methyl/N-ethyl adjacent to an activating group) is 1. The van der Waals surface area contributed by atoms with Crippen LogP contribution in [0.25, 0.3) is 0 Å². The smallest absolute Gasteiger partial charge is 0.264 e. The highest BCUT2D eigenvalue weighted by molar-refractivity contribution is 7.92. The topological polar surface area (TPSA) is 86.8 Å². The first kappa shape index (κ1) is 27.9. The van der Waals surface area contributed by atoms with E-state index in [1.54, 1.807) is 42.5 Å². The maximum atomic E-state index is 13.9. The van der Waals surface area contributed by atoms with Gasteiger partial charge >= 0.3 is 0 Å². The van der Waals surface area contributed by atoms with Gasteiger partial charge in [0.1, 0.15) is 12.6 Å². The molecule has 0 saturated carbocycles. The second-order valence-corrected chi connectivity index (χ2v) is 11.0.